The van der Waals surface area contributed by atoms with Gasteiger partial charge in [0.2, 0.25) is 0 Å². The summed E-state index contributed by atoms with van der Waals surface area (Å²) in [6, 6.07) is 17.2. The van der Waals surface area contributed by atoms with E-state index in [0.29, 0.717) is 47.9 Å². The Morgan fingerprint density at radius 1 is 0.485 bits per heavy atom. The Bertz CT molecular complexity index is 2390. The van der Waals surface area contributed by atoms with Gasteiger partial charge in [-0.15, -0.1) is 0 Å². The SMILES string of the molecule is CC(C)c1cc(C(C)C)c(S(=O)(=O)O/N=C(/c2ccc(CCCCCOc3ccc(/C(=N/OS(=O)(=O)c4c(C(C)C)cc(C(C)C)cc4C(C)C)C(F)(F)F)cc3)cc2)C(F)(F)F)c(C(C)C)c1. The van der Waals surface area contributed by atoms with Crippen molar-refractivity contribution in [1.82, 2.24) is 0 Å². The van der Waals surface area contributed by atoms with Crippen molar-refractivity contribution in [2.45, 2.75) is 166 Å². The fourth-order valence-corrected chi connectivity index (χ4v) is 10.3. The summed E-state index contributed by atoms with van der Waals surface area (Å²) in [5.74, 6) is -0.691. The summed E-state index contributed by atoms with van der Waals surface area (Å²) in [6.45, 7) is 22.5. The number of unbranched alkanes of at least 4 members (excludes halogenated alkanes) is 2. The molecule has 0 spiro atoms. The maximum Gasteiger partial charge on any atom is 0.437 e. The summed E-state index contributed by atoms with van der Waals surface area (Å²) < 4.78 is 156. The summed E-state index contributed by atoms with van der Waals surface area (Å²) in [7, 11) is -9.54. The largest absolute Gasteiger partial charge is 0.494 e. The van der Waals surface area contributed by atoms with Gasteiger partial charge in [0.1, 0.15) is 15.5 Å². The van der Waals surface area contributed by atoms with E-state index in [1.165, 1.54) is 36.4 Å². The molecule has 0 saturated heterocycles. The topological polar surface area (TPSA) is 121 Å². The van der Waals surface area contributed by atoms with E-state index in [1.807, 2.05) is 27.7 Å². The van der Waals surface area contributed by atoms with Crippen molar-refractivity contribution in [3.05, 3.63) is 123 Å². The summed E-state index contributed by atoms with van der Waals surface area (Å²) in [5.41, 5.74) is 0.394. The Balaban J connectivity index is 1.39. The van der Waals surface area contributed by atoms with Gasteiger partial charge in [-0.3, -0.25) is 8.57 Å². The Morgan fingerprint density at radius 3 is 1.13 bits per heavy atom. The number of hydrogen-bond donors (Lipinski definition) is 0. The van der Waals surface area contributed by atoms with E-state index in [-0.39, 0.29) is 63.2 Å². The summed E-state index contributed by atoms with van der Waals surface area (Å²) in [5, 5.41) is 6.38. The van der Waals surface area contributed by atoms with E-state index >= 15 is 0 Å². The van der Waals surface area contributed by atoms with Gasteiger partial charge in [0.05, 0.1) is 6.61 Å². The Kier molecular flexibility index (Phi) is 18.6. The van der Waals surface area contributed by atoms with Crippen molar-refractivity contribution in [3.63, 3.8) is 0 Å². The molecule has 374 valence electrons. The van der Waals surface area contributed by atoms with Crippen LogP contribution in [0, 0.1) is 0 Å². The third-order valence-corrected chi connectivity index (χ3v) is 13.9. The molecule has 0 aliphatic rings. The molecule has 9 nitrogen and oxygen atoms in total. The van der Waals surface area contributed by atoms with Gasteiger partial charge in [-0.25, -0.2) is 0 Å². The lowest BCUT2D eigenvalue weighted by atomic mass is 9.89. The van der Waals surface area contributed by atoms with Crippen molar-refractivity contribution in [1.29, 1.82) is 0 Å². The lowest BCUT2D eigenvalue weighted by Crippen LogP contribution is -2.25. The van der Waals surface area contributed by atoms with Crippen LogP contribution in [0.25, 0.3) is 0 Å². The molecule has 68 heavy (non-hydrogen) atoms. The standard InChI is InChI=1S/C51H64F6N2O7S2/c1-30(2)39-26-42(32(5)6)46(43(27-39)33(7)8)67(60,61)65-58-48(50(52,53)54)37-19-17-36(18-20-37)16-14-13-15-25-64-41-23-21-38(22-24-41)49(51(55,56)57)59-66-68(62,63)47-44(34(9)10)28-40(31(3)4)29-45(47)35(11)12/h17-24,26-35H,13-16,25H2,1-12H3/b58-48-,59-49-. The summed E-state index contributed by atoms with van der Waals surface area (Å²) in [6.07, 6.45) is -7.79. The zero-order chi connectivity index (χ0) is 51.1. The first-order valence-electron chi connectivity index (χ1n) is 22.8. The Morgan fingerprint density at radius 2 is 0.824 bits per heavy atom. The molecule has 0 radical (unpaired) electrons. The van der Waals surface area contributed by atoms with Crippen LogP contribution in [0.1, 0.15) is 188 Å². The predicted molar refractivity (Wildman–Crippen MR) is 255 cm³/mol. The molecule has 0 atom stereocenters. The van der Waals surface area contributed by atoms with Gasteiger partial charge in [0.25, 0.3) is 0 Å². The van der Waals surface area contributed by atoms with Crippen molar-refractivity contribution < 1.29 is 56.5 Å². The van der Waals surface area contributed by atoms with Gasteiger partial charge in [-0.1, -0.05) is 142 Å². The summed E-state index contributed by atoms with van der Waals surface area (Å²) >= 11 is 0. The zero-order valence-corrected chi connectivity index (χ0v) is 42.4. The molecule has 4 aromatic carbocycles. The number of ether oxygens (including phenoxy) is 1. The summed E-state index contributed by atoms with van der Waals surface area (Å²) in [4.78, 5) is -0.366. The normalized spacial score (nSPS) is 13.5. The van der Waals surface area contributed by atoms with Gasteiger partial charge >= 0.3 is 32.6 Å². The van der Waals surface area contributed by atoms with E-state index in [1.54, 1.807) is 79.7 Å². The number of nitrogens with zero attached hydrogens (tertiary/aromatic N) is 2. The molecular formula is C51H64F6N2O7S2. The zero-order valence-electron chi connectivity index (χ0n) is 40.8. The lowest BCUT2D eigenvalue weighted by Gasteiger charge is -2.21. The molecule has 0 amide bonds. The van der Waals surface area contributed by atoms with Gasteiger partial charge in [0, 0.05) is 11.1 Å². The molecule has 0 N–H and O–H groups in total. The van der Waals surface area contributed by atoms with Crippen LogP contribution in [-0.2, 0) is 35.2 Å². The Hall–Kier alpha value is -4.90. The highest BCUT2D eigenvalue weighted by Crippen LogP contribution is 2.38. The molecule has 0 unspecified atom stereocenters. The molecular weight excluding hydrogens is 931 g/mol. The second-order valence-corrected chi connectivity index (χ2v) is 21.7. The van der Waals surface area contributed by atoms with Crippen LogP contribution in [0.15, 0.2) is 92.9 Å². The molecule has 0 fully saturated rings. The average Bonchev–Trinajstić information content (AvgIpc) is 3.23. The molecule has 0 aliphatic heterocycles. The molecule has 0 bridgehead atoms. The Labute approximate surface area is 398 Å². The number of benzene rings is 4. The van der Waals surface area contributed by atoms with Crippen LogP contribution in [0.5, 0.6) is 5.75 Å². The van der Waals surface area contributed by atoms with Crippen molar-refractivity contribution in [3.8, 4) is 5.75 Å². The molecule has 4 aromatic rings. The minimum Gasteiger partial charge on any atom is -0.494 e. The third-order valence-electron chi connectivity index (χ3n) is 11.4. The quantitative estimate of drug-likeness (QED) is 0.0353. The highest BCUT2D eigenvalue weighted by atomic mass is 32.2. The maximum absolute atomic E-state index is 14.3. The molecule has 17 heteroatoms. The smallest absolute Gasteiger partial charge is 0.437 e. The maximum atomic E-state index is 14.3. The predicted octanol–water partition coefficient (Wildman–Crippen LogP) is 14.6. The number of aryl methyl sites for hydroxylation is 1. The number of hydrogen-bond acceptors (Lipinski definition) is 9. The van der Waals surface area contributed by atoms with Crippen LogP contribution < -0.4 is 4.74 Å². The minimum atomic E-state index is -5.07. The molecule has 0 aliphatic carbocycles. The van der Waals surface area contributed by atoms with E-state index in [2.05, 4.69) is 10.3 Å². The first-order chi connectivity index (χ1) is 31.5. The first kappa shape index (κ1) is 55.7. The van der Waals surface area contributed by atoms with E-state index < -0.39 is 49.6 Å². The number of alkyl halides is 6. The van der Waals surface area contributed by atoms with Crippen LogP contribution in [-0.4, -0.2) is 47.2 Å². The van der Waals surface area contributed by atoms with E-state index in [0.717, 1.165) is 28.8 Å². The van der Waals surface area contributed by atoms with Gasteiger partial charge in [-0.2, -0.15) is 43.2 Å². The second-order valence-electron chi connectivity index (χ2n) is 18.8. The van der Waals surface area contributed by atoms with Gasteiger partial charge in [-0.05, 0) is 124 Å². The first-order valence-corrected chi connectivity index (χ1v) is 25.6. The van der Waals surface area contributed by atoms with E-state index in [9.17, 15) is 43.2 Å². The minimum absolute atomic E-state index is 0.0772. The van der Waals surface area contributed by atoms with Crippen LogP contribution in [0.3, 0.4) is 0 Å². The monoisotopic (exact) mass is 994 g/mol. The fourth-order valence-electron chi connectivity index (χ4n) is 7.48. The fraction of sp³-hybridized carbons (Fsp3) is 0.490. The molecule has 4 rings (SSSR count). The van der Waals surface area contributed by atoms with Crippen LogP contribution in [0.4, 0.5) is 26.3 Å². The average molecular weight is 995 g/mol. The molecule has 0 aromatic heterocycles. The lowest BCUT2D eigenvalue weighted by molar-refractivity contribution is -0.0606. The third kappa shape index (κ3) is 14.3. The second kappa shape index (κ2) is 22.7. The molecule has 0 heterocycles. The number of oxime groups is 2. The van der Waals surface area contributed by atoms with Crippen LogP contribution in [0.2, 0.25) is 0 Å². The van der Waals surface area contributed by atoms with Crippen molar-refractivity contribution in [2.24, 2.45) is 10.3 Å². The number of halogens is 6. The highest BCUT2D eigenvalue weighted by Gasteiger charge is 2.40. The van der Waals surface area contributed by atoms with Crippen LogP contribution >= 0.6 is 0 Å². The highest BCUT2D eigenvalue weighted by molar-refractivity contribution is 7.87. The van der Waals surface area contributed by atoms with Gasteiger partial charge < -0.3 is 4.74 Å². The van der Waals surface area contributed by atoms with E-state index in [4.69, 9.17) is 13.3 Å². The van der Waals surface area contributed by atoms with Gasteiger partial charge in [0.15, 0.2) is 11.4 Å². The van der Waals surface area contributed by atoms with Crippen molar-refractivity contribution in [2.75, 3.05) is 6.61 Å². The molecule has 0 saturated carbocycles. The van der Waals surface area contributed by atoms with Crippen molar-refractivity contribution >= 4 is 31.7 Å². The number of rotatable bonds is 21.